The summed E-state index contributed by atoms with van der Waals surface area (Å²) in [5.74, 6) is 0.734. The smallest absolute Gasteiger partial charge is 0.119 e. The molecule has 5 nitrogen and oxygen atoms in total. The van der Waals surface area contributed by atoms with Crippen molar-refractivity contribution in [1.29, 1.82) is 0 Å². The van der Waals surface area contributed by atoms with Crippen molar-refractivity contribution in [3.8, 4) is 5.75 Å². The second kappa shape index (κ2) is 8.23. The number of ether oxygens (including phenoxy) is 1. The quantitative estimate of drug-likeness (QED) is 0.788. The molecule has 1 fully saturated rings. The molecule has 1 unspecified atom stereocenters. The molecule has 1 atom stereocenters. The predicted octanol–water partition coefficient (Wildman–Crippen LogP) is 2.14. The Balaban J connectivity index is 1.41. The first-order chi connectivity index (χ1) is 12.1. The van der Waals surface area contributed by atoms with E-state index >= 15 is 0 Å². The zero-order chi connectivity index (χ0) is 17.6. The summed E-state index contributed by atoms with van der Waals surface area (Å²) in [5, 5.41) is 10.2. The third-order valence-corrected chi connectivity index (χ3v) is 4.53. The number of anilines is 2. The Bertz CT molecular complexity index is 667. The van der Waals surface area contributed by atoms with Crippen LogP contribution in [0.4, 0.5) is 11.4 Å². The highest BCUT2D eigenvalue weighted by atomic mass is 16.5. The summed E-state index contributed by atoms with van der Waals surface area (Å²) >= 11 is 0. The van der Waals surface area contributed by atoms with Crippen LogP contribution in [0.15, 0.2) is 48.5 Å². The Hall–Kier alpha value is -2.24. The van der Waals surface area contributed by atoms with E-state index in [1.54, 1.807) is 12.1 Å². The Kier molecular flexibility index (Phi) is 5.79. The number of benzene rings is 2. The number of aliphatic hydroxyl groups is 1. The van der Waals surface area contributed by atoms with Gasteiger partial charge < -0.3 is 20.5 Å². The van der Waals surface area contributed by atoms with Crippen LogP contribution in [0.5, 0.6) is 5.75 Å². The van der Waals surface area contributed by atoms with E-state index in [9.17, 15) is 5.11 Å². The number of piperazine rings is 1. The van der Waals surface area contributed by atoms with E-state index in [-0.39, 0.29) is 0 Å². The third-order valence-electron chi connectivity index (χ3n) is 4.53. The molecule has 1 heterocycles. The molecular formula is C20H27N3O2. The average Bonchev–Trinajstić information content (AvgIpc) is 2.62. The van der Waals surface area contributed by atoms with Gasteiger partial charge in [0.2, 0.25) is 0 Å². The fraction of sp³-hybridized carbons (Fsp3) is 0.400. The average molecular weight is 341 g/mol. The van der Waals surface area contributed by atoms with Crippen LogP contribution in [0.3, 0.4) is 0 Å². The van der Waals surface area contributed by atoms with Gasteiger partial charge in [-0.05, 0) is 48.9 Å². The number of nitrogen functional groups attached to an aromatic ring is 1. The fourth-order valence-corrected chi connectivity index (χ4v) is 3.12. The van der Waals surface area contributed by atoms with Crippen molar-refractivity contribution in [2.45, 2.75) is 13.0 Å². The Morgan fingerprint density at radius 1 is 1.08 bits per heavy atom. The number of rotatable bonds is 6. The van der Waals surface area contributed by atoms with Crippen molar-refractivity contribution in [2.75, 3.05) is 50.0 Å². The lowest BCUT2D eigenvalue weighted by Crippen LogP contribution is -2.49. The minimum atomic E-state index is -0.497. The number of hydrogen-bond donors (Lipinski definition) is 2. The maximum atomic E-state index is 10.2. The minimum absolute atomic E-state index is 0.294. The Morgan fingerprint density at radius 3 is 2.48 bits per heavy atom. The zero-order valence-corrected chi connectivity index (χ0v) is 14.8. The number of hydrogen-bond acceptors (Lipinski definition) is 5. The molecule has 0 amide bonds. The van der Waals surface area contributed by atoms with Crippen LogP contribution in [0.1, 0.15) is 5.56 Å². The lowest BCUT2D eigenvalue weighted by atomic mass is 10.2. The standard InChI is InChI=1S/C20H27N3O2/c1-16-3-2-4-18(13-16)23-11-9-22(10-12-23)14-19(24)15-25-20-7-5-17(21)6-8-20/h2-8,13,19,24H,9-12,14-15,21H2,1H3. The van der Waals surface area contributed by atoms with Crippen molar-refractivity contribution in [3.05, 3.63) is 54.1 Å². The van der Waals surface area contributed by atoms with Crippen LogP contribution in [-0.2, 0) is 0 Å². The van der Waals surface area contributed by atoms with Gasteiger partial charge >= 0.3 is 0 Å². The van der Waals surface area contributed by atoms with Gasteiger partial charge in [-0.15, -0.1) is 0 Å². The SMILES string of the molecule is Cc1cccc(N2CCN(CC(O)COc3ccc(N)cc3)CC2)c1. The lowest BCUT2D eigenvalue weighted by molar-refractivity contribution is 0.0663. The van der Waals surface area contributed by atoms with Gasteiger partial charge in [0.05, 0.1) is 0 Å². The molecule has 1 saturated heterocycles. The second-order valence-electron chi connectivity index (χ2n) is 6.66. The van der Waals surface area contributed by atoms with Gasteiger partial charge in [-0.25, -0.2) is 0 Å². The largest absolute Gasteiger partial charge is 0.491 e. The molecule has 0 saturated carbocycles. The van der Waals surface area contributed by atoms with Crippen LogP contribution in [-0.4, -0.2) is 55.4 Å². The van der Waals surface area contributed by atoms with Crippen molar-refractivity contribution in [1.82, 2.24) is 4.90 Å². The highest BCUT2D eigenvalue weighted by molar-refractivity contribution is 5.48. The van der Waals surface area contributed by atoms with E-state index < -0.39 is 6.10 Å². The van der Waals surface area contributed by atoms with Gasteiger partial charge in [0, 0.05) is 44.1 Å². The molecule has 1 aliphatic heterocycles. The molecule has 134 valence electrons. The summed E-state index contributed by atoms with van der Waals surface area (Å²) < 4.78 is 5.63. The van der Waals surface area contributed by atoms with Gasteiger partial charge in [-0.2, -0.15) is 0 Å². The Labute approximate surface area is 149 Å². The van der Waals surface area contributed by atoms with Crippen molar-refractivity contribution < 1.29 is 9.84 Å². The molecule has 3 rings (SSSR count). The molecule has 0 aromatic heterocycles. The Morgan fingerprint density at radius 2 is 1.80 bits per heavy atom. The summed E-state index contributed by atoms with van der Waals surface area (Å²) in [7, 11) is 0. The number of aliphatic hydroxyl groups excluding tert-OH is 1. The van der Waals surface area contributed by atoms with Crippen molar-refractivity contribution >= 4 is 11.4 Å². The van der Waals surface area contributed by atoms with Gasteiger partial charge in [0.15, 0.2) is 0 Å². The highest BCUT2D eigenvalue weighted by Gasteiger charge is 2.19. The second-order valence-corrected chi connectivity index (χ2v) is 6.66. The highest BCUT2D eigenvalue weighted by Crippen LogP contribution is 2.18. The van der Waals surface area contributed by atoms with Gasteiger partial charge in [-0.3, -0.25) is 4.90 Å². The normalized spacial score (nSPS) is 16.6. The summed E-state index contributed by atoms with van der Waals surface area (Å²) in [4.78, 5) is 4.70. The molecule has 2 aromatic rings. The predicted molar refractivity (Wildman–Crippen MR) is 102 cm³/mol. The topological polar surface area (TPSA) is 62.0 Å². The van der Waals surface area contributed by atoms with E-state index in [1.165, 1.54) is 11.3 Å². The lowest BCUT2D eigenvalue weighted by Gasteiger charge is -2.37. The zero-order valence-electron chi connectivity index (χ0n) is 14.8. The molecule has 5 heteroatoms. The summed E-state index contributed by atoms with van der Waals surface area (Å²) in [5.41, 5.74) is 8.93. The van der Waals surface area contributed by atoms with E-state index in [0.717, 1.165) is 31.9 Å². The van der Waals surface area contributed by atoms with Gasteiger partial charge in [0.1, 0.15) is 18.5 Å². The maximum absolute atomic E-state index is 10.2. The van der Waals surface area contributed by atoms with Crippen LogP contribution >= 0.6 is 0 Å². The first-order valence-electron chi connectivity index (χ1n) is 8.80. The maximum Gasteiger partial charge on any atom is 0.119 e. The molecule has 0 bridgehead atoms. The molecule has 0 radical (unpaired) electrons. The van der Waals surface area contributed by atoms with Crippen molar-refractivity contribution in [3.63, 3.8) is 0 Å². The molecule has 0 aliphatic carbocycles. The molecule has 1 aliphatic rings. The molecule has 3 N–H and O–H groups in total. The third kappa shape index (κ3) is 5.11. The number of aryl methyl sites for hydroxylation is 1. The van der Waals surface area contributed by atoms with E-state index in [1.807, 2.05) is 12.1 Å². The minimum Gasteiger partial charge on any atom is -0.491 e. The van der Waals surface area contributed by atoms with Crippen LogP contribution in [0.25, 0.3) is 0 Å². The molecule has 25 heavy (non-hydrogen) atoms. The van der Waals surface area contributed by atoms with Gasteiger partial charge in [0.25, 0.3) is 0 Å². The van der Waals surface area contributed by atoms with Crippen molar-refractivity contribution in [2.24, 2.45) is 0 Å². The number of nitrogens with two attached hydrogens (primary N) is 1. The van der Waals surface area contributed by atoms with E-state index in [0.29, 0.717) is 18.8 Å². The first-order valence-corrected chi connectivity index (χ1v) is 8.80. The van der Waals surface area contributed by atoms with Crippen LogP contribution in [0.2, 0.25) is 0 Å². The fourth-order valence-electron chi connectivity index (χ4n) is 3.12. The van der Waals surface area contributed by atoms with Gasteiger partial charge in [-0.1, -0.05) is 12.1 Å². The molecule has 0 spiro atoms. The van der Waals surface area contributed by atoms with Crippen LogP contribution in [0, 0.1) is 6.92 Å². The number of nitrogens with zero attached hydrogens (tertiary/aromatic N) is 2. The summed E-state index contributed by atoms with van der Waals surface area (Å²) in [6.07, 6.45) is -0.497. The summed E-state index contributed by atoms with van der Waals surface area (Å²) in [6, 6.07) is 15.9. The monoisotopic (exact) mass is 341 g/mol. The first kappa shape index (κ1) is 17.6. The van der Waals surface area contributed by atoms with E-state index in [4.69, 9.17) is 10.5 Å². The summed E-state index contributed by atoms with van der Waals surface area (Å²) in [6.45, 7) is 6.92. The number of β-amino-alcohol motifs (C(OH)–C–C–N with tert-alkyl or cyclic N) is 1. The van der Waals surface area contributed by atoms with Crippen LogP contribution < -0.4 is 15.4 Å². The molecular weight excluding hydrogens is 314 g/mol. The van der Waals surface area contributed by atoms with E-state index in [2.05, 4.69) is 41.0 Å². The molecule has 2 aromatic carbocycles.